The Morgan fingerprint density at radius 1 is 1.14 bits per heavy atom. The summed E-state index contributed by atoms with van der Waals surface area (Å²) in [7, 11) is 0. The highest BCUT2D eigenvalue weighted by Gasteiger charge is 2.30. The first kappa shape index (κ1) is 27.7. The van der Waals surface area contributed by atoms with Gasteiger partial charge in [-0.2, -0.15) is 0 Å². The molecule has 2 atom stereocenters. The lowest BCUT2D eigenvalue weighted by molar-refractivity contribution is -0.126. The fourth-order valence-electron chi connectivity index (χ4n) is 3.51. The highest BCUT2D eigenvalue weighted by atomic mass is 16.5. The molecule has 1 unspecified atom stereocenters. The summed E-state index contributed by atoms with van der Waals surface area (Å²) < 4.78 is 7.65. The molecule has 0 aliphatic rings. The molecule has 0 saturated heterocycles. The van der Waals surface area contributed by atoms with E-state index in [1.807, 2.05) is 48.5 Å². The number of rotatable bonds is 12. The van der Waals surface area contributed by atoms with Crippen LogP contribution in [0.15, 0.2) is 60.7 Å². The molecule has 3 N–H and O–H groups in total. The van der Waals surface area contributed by atoms with Gasteiger partial charge in [-0.05, 0) is 48.2 Å². The van der Waals surface area contributed by atoms with Gasteiger partial charge in [0, 0.05) is 6.42 Å². The Morgan fingerprint density at radius 3 is 2.37 bits per heavy atom. The Hall–Kier alpha value is -3.54. The van der Waals surface area contributed by atoms with Crippen molar-refractivity contribution in [1.29, 1.82) is 0 Å². The summed E-state index contributed by atoms with van der Waals surface area (Å²) in [5.41, 5.74) is 7.19. The van der Waals surface area contributed by atoms with E-state index >= 15 is 0 Å². The minimum atomic E-state index is -1.07. The third kappa shape index (κ3) is 8.32. The van der Waals surface area contributed by atoms with Crippen molar-refractivity contribution < 1.29 is 9.53 Å². The van der Waals surface area contributed by atoms with Gasteiger partial charge in [0.2, 0.25) is 5.91 Å². The number of nitrogens with zero attached hydrogens (tertiary/aromatic N) is 4. The number of nitrogens with one attached hydrogen (secondary N) is 1. The SMILES string of the molecule is C.C#CCC(CCc1ccccc1)n1nnnc1[C@@H](COCc1ccccc1)NC(=O)C(C)(C)N. The highest BCUT2D eigenvalue weighted by molar-refractivity contribution is 5.85. The third-order valence-electron chi connectivity index (χ3n) is 5.42. The Bertz CT molecular complexity index is 1070. The summed E-state index contributed by atoms with van der Waals surface area (Å²) in [6.45, 7) is 3.86. The number of terminal acetylenes is 1. The van der Waals surface area contributed by atoms with Gasteiger partial charge in [-0.3, -0.25) is 4.79 Å². The van der Waals surface area contributed by atoms with E-state index < -0.39 is 11.6 Å². The van der Waals surface area contributed by atoms with Gasteiger partial charge in [0.05, 0.1) is 24.8 Å². The van der Waals surface area contributed by atoms with Gasteiger partial charge in [0.1, 0.15) is 6.04 Å². The topological polar surface area (TPSA) is 108 Å². The standard InChI is InChI=1S/C26H32N6O2.CH4/c1-4-11-22(17-16-20-12-7-5-8-13-20)32-24(29-30-31-32)23(28-25(33)26(2,3)27)19-34-18-21-14-9-6-10-15-21;/h1,5-10,12-15,22-23H,11,16-19,27H2,2-3H3,(H,28,33);1H4/t22?,23-;/m1./s1. The Labute approximate surface area is 208 Å². The summed E-state index contributed by atoms with van der Waals surface area (Å²) in [4.78, 5) is 12.7. The van der Waals surface area contributed by atoms with Gasteiger partial charge in [0.25, 0.3) is 0 Å². The average Bonchev–Trinajstić information content (AvgIpc) is 3.31. The van der Waals surface area contributed by atoms with Crippen molar-refractivity contribution >= 4 is 5.91 Å². The number of hydrogen-bond acceptors (Lipinski definition) is 6. The van der Waals surface area contributed by atoms with Crippen LogP contribution >= 0.6 is 0 Å². The molecule has 3 aromatic rings. The highest BCUT2D eigenvalue weighted by Crippen LogP contribution is 2.23. The van der Waals surface area contributed by atoms with E-state index in [0.717, 1.165) is 18.4 Å². The number of amides is 1. The molecule has 8 heteroatoms. The smallest absolute Gasteiger partial charge is 0.240 e. The van der Waals surface area contributed by atoms with E-state index in [-0.39, 0.29) is 26.0 Å². The third-order valence-corrected chi connectivity index (χ3v) is 5.42. The number of nitrogens with two attached hydrogens (primary N) is 1. The zero-order valence-electron chi connectivity index (χ0n) is 19.7. The zero-order chi connectivity index (χ0) is 24.4. The molecule has 35 heavy (non-hydrogen) atoms. The molecule has 0 radical (unpaired) electrons. The number of hydrogen-bond donors (Lipinski definition) is 2. The zero-order valence-corrected chi connectivity index (χ0v) is 19.7. The summed E-state index contributed by atoms with van der Waals surface area (Å²) in [6, 6.07) is 19.3. The maximum absolute atomic E-state index is 12.7. The number of carbonyl (C=O) groups is 1. The lowest BCUT2D eigenvalue weighted by Gasteiger charge is -2.25. The van der Waals surface area contributed by atoms with Crippen LogP contribution in [0.3, 0.4) is 0 Å². The second-order valence-electron chi connectivity index (χ2n) is 8.82. The quantitative estimate of drug-likeness (QED) is 0.387. The Balaban J connectivity index is 0.00000432. The van der Waals surface area contributed by atoms with Crippen LogP contribution in [0.2, 0.25) is 0 Å². The first-order valence-corrected chi connectivity index (χ1v) is 11.3. The Morgan fingerprint density at radius 2 is 1.77 bits per heavy atom. The lowest BCUT2D eigenvalue weighted by atomic mass is 10.0. The van der Waals surface area contributed by atoms with Crippen molar-refractivity contribution in [3.63, 3.8) is 0 Å². The van der Waals surface area contributed by atoms with Crippen molar-refractivity contribution in [3.05, 3.63) is 77.6 Å². The maximum atomic E-state index is 12.7. The number of carbonyl (C=O) groups excluding carboxylic acids is 1. The molecule has 1 aromatic heterocycles. The van der Waals surface area contributed by atoms with Crippen LogP contribution in [0.1, 0.15) is 63.2 Å². The van der Waals surface area contributed by atoms with Crippen LogP contribution in [-0.4, -0.2) is 38.3 Å². The predicted molar refractivity (Wildman–Crippen MR) is 137 cm³/mol. The summed E-state index contributed by atoms with van der Waals surface area (Å²) in [6.07, 6.45) is 7.70. The van der Waals surface area contributed by atoms with Crippen LogP contribution in [-0.2, 0) is 22.6 Å². The first-order valence-electron chi connectivity index (χ1n) is 11.3. The molecule has 1 amide bonds. The van der Waals surface area contributed by atoms with Gasteiger partial charge < -0.3 is 15.8 Å². The van der Waals surface area contributed by atoms with Crippen LogP contribution in [0, 0.1) is 12.3 Å². The largest absolute Gasteiger partial charge is 0.374 e. The van der Waals surface area contributed by atoms with E-state index in [1.54, 1.807) is 18.5 Å². The van der Waals surface area contributed by atoms with E-state index in [9.17, 15) is 4.79 Å². The van der Waals surface area contributed by atoms with Gasteiger partial charge in [-0.15, -0.1) is 17.4 Å². The van der Waals surface area contributed by atoms with Crippen molar-refractivity contribution in [2.45, 2.75) is 64.8 Å². The minimum absolute atomic E-state index is 0. The molecule has 2 aromatic carbocycles. The van der Waals surface area contributed by atoms with Gasteiger partial charge in [-0.1, -0.05) is 68.1 Å². The summed E-state index contributed by atoms with van der Waals surface area (Å²) in [5.74, 6) is 2.89. The number of aromatic nitrogens is 4. The molecule has 8 nitrogen and oxygen atoms in total. The lowest BCUT2D eigenvalue weighted by Crippen LogP contribution is -2.51. The number of tetrazole rings is 1. The molecular formula is C27H36N6O2. The summed E-state index contributed by atoms with van der Waals surface area (Å²) >= 11 is 0. The van der Waals surface area contributed by atoms with E-state index in [1.165, 1.54) is 5.56 Å². The molecule has 186 valence electrons. The minimum Gasteiger partial charge on any atom is -0.374 e. The molecular weight excluding hydrogens is 440 g/mol. The maximum Gasteiger partial charge on any atom is 0.240 e. The molecule has 0 spiro atoms. The normalized spacial score (nSPS) is 12.7. The molecule has 0 saturated carbocycles. The van der Waals surface area contributed by atoms with Crippen LogP contribution < -0.4 is 11.1 Å². The van der Waals surface area contributed by atoms with E-state index in [0.29, 0.717) is 18.9 Å². The fourth-order valence-corrected chi connectivity index (χ4v) is 3.51. The molecule has 0 fully saturated rings. The summed E-state index contributed by atoms with van der Waals surface area (Å²) in [5, 5.41) is 15.3. The van der Waals surface area contributed by atoms with Crippen molar-refractivity contribution in [1.82, 2.24) is 25.5 Å². The van der Waals surface area contributed by atoms with Crippen LogP contribution in [0.25, 0.3) is 0 Å². The van der Waals surface area contributed by atoms with E-state index in [2.05, 4.69) is 38.9 Å². The van der Waals surface area contributed by atoms with Gasteiger partial charge in [-0.25, -0.2) is 4.68 Å². The molecule has 0 aliphatic carbocycles. The monoisotopic (exact) mass is 476 g/mol. The van der Waals surface area contributed by atoms with Gasteiger partial charge >= 0.3 is 0 Å². The molecule has 3 rings (SSSR count). The van der Waals surface area contributed by atoms with Crippen LogP contribution in [0.5, 0.6) is 0 Å². The van der Waals surface area contributed by atoms with Crippen molar-refractivity contribution in [2.24, 2.45) is 5.73 Å². The van der Waals surface area contributed by atoms with Crippen molar-refractivity contribution in [2.75, 3.05) is 6.61 Å². The average molecular weight is 477 g/mol. The predicted octanol–water partition coefficient (Wildman–Crippen LogP) is 3.62. The first-order chi connectivity index (χ1) is 16.4. The number of ether oxygens (including phenoxy) is 1. The van der Waals surface area contributed by atoms with Gasteiger partial charge in [0.15, 0.2) is 5.82 Å². The second kappa shape index (κ2) is 13.4. The molecule has 0 bridgehead atoms. The Kier molecular flexibility index (Phi) is 10.6. The van der Waals surface area contributed by atoms with Crippen molar-refractivity contribution in [3.8, 4) is 12.3 Å². The van der Waals surface area contributed by atoms with E-state index in [4.69, 9.17) is 16.9 Å². The fraction of sp³-hybridized carbons (Fsp3) is 0.407. The van der Waals surface area contributed by atoms with Crippen LogP contribution in [0.4, 0.5) is 0 Å². The number of aryl methyl sites for hydroxylation is 1. The molecule has 1 heterocycles. The number of benzene rings is 2. The molecule has 0 aliphatic heterocycles. The second-order valence-corrected chi connectivity index (χ2v) is 8.82.